The van der Waals surface area contributed by atoms with E-state index >= 15 is 0 Å². The number of ether oxygens (including phenoxy) is 1. The van der Waals surface area contributed by atoms with E-state index in [-0.39, 0.29) is 12.4 Å². The molecule has 1 saturated heterocycles. The van der Waals surface area contributed by atoms with Crippen LogP contribution in [0, 0.1) is 0 Å². The Kier molecular flexibility index (Phi) is 6.23. The lowest BCUT2D eigenvalue weighted by Gasteiger charge is -2.26. The molecule has 1 N–H and O–H groups in total. The highest BCUT2D eigenvalue weighted by molar-refractivity contribution is 7.11. The van der Waals surface area contributed by atoms with Crippen LogP contribution in [-0.2, 0) is 17.9 Å². The summed E-state index contributed by atoms with van der Waals surface area (Å²) < 4.78 is 5.08. The number of halogens is 1. The fraction of sp³-hybridized carbons (Fsp3) is 0.700. The van der Waals surface area contributed by atoms with Gasteiger partial charge in [-0.3, -0.25) is 4.90 Å². The van der Waals surface area contributed by atoms with Crippen molar-refractivity contribution in [2.24, 2.45) is 0 Å². The van der Waals surface area contributed by atoms with E-state index in [0.717, 1.165) is 32.7 Å². The fourth-order valence-electron chi connectivity index (χ4n) is 1.69. The quantitative estimate of drug-likeness (QED) is 0.883. The van der Waals surface area contributed by atoms with E-state index in [1.165, 1.54) is 9.88 Å². The molecule has 4 nitrogen and oxygen atoms in total. The summed E-state index contributed by atoms with van der Waals surface area (Å²) in [6.07, 6.45) is 1.92. The van der Waals surface area contributed by atoms with Gasteiger partial charge in [0, 0.05) is 39.5 Å². The molecule has 0 unspecified atom stereocenters. The highest BCUT2D eigenvalue weighted by Gasteiger charge is 2.11. The van der Waals surface area contributed by atoms with Crippen LogP contribution in [0.25, 0.3) is 0 Å². The van der Waals surface area contributed by atoms with Crippen LogP contribution in [0.15, 0.2) is 6.20 Å². The molecule has 0 spiro atoms. The predicted octanol–water partition coefficient (Wildman–Crippen LogP) is 1.12. The average Bonchev–Trinajstić information content (AvgIpc) is 2.68. The maximum Gasteiger partial charge on any atom is 0.107 e. The molecular formula is C10H18ClN3OS. The van der Waals surface area contributed by atoms with E-state index < -0.39 is 0 Å². The second-order valence-electron chi connectivity index (χ2n) is 3.68. The molecule has 2 heterocycles. The Labute approximate surface area is 106 Å². The van der Waals surface area contributed by atoms with Crippen LogP contribution in [0.2, 0.25) is 0 Å². The number of hydrogen-bond acceptors (Lipinski definition) is 5. The maximum atomic E-state index is 5.08. The first kappa shape index (κ1) is 13.9. The van der Waals surface area contributed by atoms with Crippen molar-refractivity contribution in [2.75, 3.05) is 33.3 Å². The molecular weight excluding hydrogens is 246 g/mol. The molecule has 1 aliphatic heterocycles. The highest BCUT2D eigenvalue weighted by atomic mass is 35.5. The molecule has 16 heavy (non-hydrogen) atoms. The van der Waals surface area contributed by atoms with Crippen LogP contribution in [0.5, 0.6) is 0 Å². The summed E-state index contributed by atoms with van der Waals surface area (Å²) in [6.45, 7) is 6.10. The Morgan fingerprint density at radius 2 is 2.25 bits per heavy atom. The molecule has 1 fully saturated rings. The summed E-state index contributed by atoms with van der Waals surface area (Å²) in [4.78, 5) is 8.05. The molecule has 1 aromatic heterocycles. The second-order valence-corrected chi connectivity index (χ2v) is 4.88. The van der Waals surface area contributed by atoms with Gasteiger partial charge in [0.25, 0.3) is 0 Å². The van der Waals surface area contributed by atoms with Crippen molar-refractivity contribution in [2.45, 2.75) is 13.2 Å². The number of hydrogen-bond donors (Lipinski definition) is 1. The fourth-order valence-corrected chi connectivity index (χ4v) is 2.63. The molecule has 0 saturated carbocycles. The summed E-state index contributed by atoms with van der Waals surface area (Å²) in [5, 5.41) is 4.55. The van der Waals surface area contributed by atoms with Crippen LogP contribution in [0.1, 0.15) is 9.88 Å². The summed E-state index contributed by atoms with van der Waals surface area (Å²) >= 11 is 1.75. The van der Waals surface area contributed by atoms with Crippen LogP contribution in [0.4, 0.5) is 0 Å². The second kappa shape index (κ2) is 7.19. The van der Waals surface area contributed by atoms with Crippen molar-refractivity contribution >= 4 is 23.7 Å². The van der Waals surface area contributed by atoms with Gasteiger partial charge in [0.15, 0.2) is 0 Å². The lowest BCUT2D eigenvalue weighted by Crippen LogP contribution is -2.42. The molecule has 0 bridgehead atoms. The van der Waals surface area contributed by atoms with Gasteiger partial charge in [0.05, 0.1) is 18.0 Å². The van der Waals surface area contributed by atoms with Crippen molar-refractivity contribution in [3.05, 3.63) is 16.1 Å². The molecule has 0 amide bonds. The molecule has 92 valence electrons. The Morgan fingerprint density at radius 3 is 2.94 bits per heavy atom. The summed E-state index contributed by atoms with van der Waals surface area (Å²) in [5.41, 5.74) is 0. The summed E-state index contributed by atoms with van der Waals surface area (Å²) in [6, 6.07) is 0. The lowest BCUT2D eigenvalue weighted by molar-refractivity contribution is 0.187. The smallest absolute Gasteiger partial charge is 0.107 e. The van der Waals surface area contributed by atoms with E-state index in [1.54, 1.807) is 18.4 Å². The zero-order valence-electron chi connectivity index (χ0n) is 9.44. The maximum absolute atomic E-state index is 5.08. The van der Waals surface area contributed by atoms with E-state index in [4.69, 9.17) is 4.74 Å². The van der Waals surface area contributed by atoms with Gasteiger partial charge in [-0.1, -0.05) is 0 Å². The Balaban J connectivity index is 0.00000128. The van der Waals surface area contributed by atoms with Crippen molar-refractivity contribution in [3.63, 3.8) is 0 Å². The third kappa shape index (κ3) is 3.99. The highest BCUT2D eigenvalue weighted by Crippen LogP contribution is 2.15. The van der Waals surface area contributed by atoms with Gasteiger partial charge in [-0.25, -0.2) is 4.98 Å². The van der Waals surface area contributed by atoms with E-state index in [2.05, 4.69) is 15.2 Å². The van der Waals surface area contributed by atoms with Gasteiger partial charge in [-0.05, 0) is 0 Å². The molecule has 0 radical (unpaired) electrons. The number of nitrogens with zero attached hydrogens (tertiary/aromatic N) is 2. The predicted molar refractivity (Wildman–Crippen MR) is 68.2 cm³/mol. The van der Waals surface area contributed by atoms with Crippen molar-refractivity contribution in [1.29, 1.82) is 0 Å². The molecule has 0 aromatic carbocycles. The number of methoxy groups -OCH3 is 1. The third-order valence-electron chi connectivity index (χ3n) is 2.46. The van der Waals surface area contributed by atoms with Crippen molar-refractivity contribution in [1.82, 2.24) is 15.2 Å². The van der Waals surface area contributed by atoms with E-state index in [0.29, 0.717) is 6.61 Å². The van der Waals surface area contributed by atoms with Gasteiger partial charge >= 0.3 is 0 Å². The van der Waals surface area contributed by atoms with Crippen LogP contribution in [-0.4, -0.2) is 43.2 Å². The molecule has 0 atom stereocenters. The van der Waals surface area contributed by atoms with E-state index in [9.17, 15) is 0 Å². The zero-order valence-corrected chi connectivity index (χ0v) is 11.1. The number of thiazole rings is 1. The largest absolute Gasteiger partial charge is 0.379 e. The first-order valence-corrected chi connectivity index (χ1v) is 6.06. The van der Waals surface area contributed by atoms with Gasteiger partial charge in [0.1, 0.15) is 5.01 Å². The van der Waals surface area contributed by atoms with Crippen LogP contribution < -0.4 is 5.32 Å². The monoisotopic (exact) mass is 263 g/mol. The van der Waals surface area contributed by atoms with Crippen molar-refractivity contribution in [3.8, 4) is 0 Å². The normalized spacial score (nSPS) is 17.1. The minimum absolute atomic E-state index is 0. The lowest BCUT2D eigenvalue weighted by atomic mass is 10.3. The van der Waals surface area contributed by atoms with Gasteiger partial charge < -0.3 is 10.1 Å². The Bertz CT molecular complexity index is 302. The SMILES string of the molecule is COCc1cnc(CN2CCNCC2)s1.Cl. The van der Waals surface area contributed by atoms with Crippen LogP contribution in [0.3, 0.4) is 0 Å². The first-order valence-electron chi connectivity index (χ1n) is 5.24. The molecule has 1 aromatic rings. The minimum atomic E-state index is 0. The number of aromatic nitrogens is 1. The molecule has 0 aliphatic carbocycles. The third-order valence-corrected chi connectivity index (χ3v) is 3.41. The Hall–Kier alpha value is -0.200. The number of nitrogens with one attached hydrogen (secondary N) is 1. The van der Waals surface area contributed by atoms with Gasteiger partial charge in [0.2, 0.25) is 0 Å². The zero-order chi connectivity index (χ0) is 10.5. The topological polar surface area (TPSA) is 37.4 Å². The standard InChI is InChI=1S/C10H17N3OS.ClH/c1-14-8-9-6-12-10(15-9)7-13-4-2-11-3-5-13;/h6,11H,2-5,7-8H2,1H3;1H. The first-order chi connectivity index (χ1) is 7.38. The van der Waals surface area contributed by atoms with Crippen molar-refractivity contribution < 1.29 is 4.74 Å². The summed E-state index contributed by atoms with van der Waals surface area (Å²) in [7, 11) is 1.72. The molecule has 6 heteroatoms. The average molecular weight is 264 g/mol. The van der Waals surface area contributed by atoms with Gasteiger partial charge in [-0.2, -0.15) is 0 Å². The Morgan fingerprint density at radius 1 is 1.50 bits per heavy atom. The minimum Gasteiger partial charge on any atom is -0.379 e. The van der Waals surface area contributed by atoms with E-state index in [1.807, 2.05) is 6.20 Å². The van der Waals surface area contributed by atoms with Crippen LogP contribution >= 0.6 is 23.7 Å². The molecule has 2 rings (SSSR count). The number of rotatable bonds is 4. The molecule has 1 aliphatic rings. The number of piperazine rings is 1. The summed E-state index contributed by atoms with van der Waals surface area (Å²) in [5.74, 6) is 0. The van der Waals surface area contributed by atoms with Gasteiger partial charge in [-0.15, -0.1) is 23.7 Å².